The minimum absolute atomic E-state index is 0.0477. The summed E-state index contributed by atoms with van der Waals surface area (Å²) in [6.07, 6.45) is 2.13. The van der Waals surface area contributed by atoms with E-state index in [4.69, 9.17) is 11.6 Å². The monoisotopic (exact) mass is 401 g/mol. The average Bonchev–Trinajstić information content (AvgIpc) is 2.64. The quantitative estimate of drug-likeness (QED) is 0.553. The molecule has 0 radical (unpaired) electrons. The molecule has 1 aliphatic rings. The Morgan fingerprint density at radius 3 is 2.68 bits per heavy atom. The summed E-state index contributed by atoms with van der Waals surface area (Å²) in [4.78, 5) is 26.0. The summed E-state index contributed by atoms with van der Waals surface area (Å²) < 4.78 is 0. The van der Waals surface area contributed by atoms with Crippen LogP contribution >= 0.6 is 11.6 Å². The van der Waals surface area contributed by atoms with Gasteiger partial charge in [0.25, 0.3) is 11.6 Å². The average molecular weight is 402 g/mol. The molecule has 1 saturated heterocycles. The van der Waals surface area contributed by atoms with E-state index in [0.717, 1.165) is 37.1 Å². The minimum atomic E-state index is -0.421. The number of aryl methyl sites for hydroxylation is 2. The molecule has 1 heterocycles. The zero-order valence-electron chi connectivity index (χ0n) is 16.3. The van der Waals surface area contributed by atoms with E-state index in [-0.39, 0.29) is 11.3 Å². The lowest BCUT2D eigenvalue weighted by molar-refractivity contribution is -0.384. The summed E-state index contributed by atoms with van der Waals surface area (Å²) in [5, 5.41) is 14.9. The maximum atomic E-state index is 12.7. The van der Waals surface area contributed by atoms with E-state index in [2.05, 4.69) is 12.2 Å². The van der Waals surface area contributed by atoms with Gasteiger partial charge in [0.15, 0.2) is 0 Å². The van der Waals surface area contributed by atoms with Crippen molar-refractivity contribution >= 4 is 34.6 Å². The first kappa shape index (κ1) is 20.1. The van der Waals surface area contributed by atoms with Crippen molar-refractivity contribution in [3.63, 3.8) is 0 Å². The summed E-state index contributed by atoms with van der Waals surface area (Å²) in [5.74, 6) is 0.0681. The summed E-state index contributed by atoms with van der Waals surface area (Å²) in [5.41, 5.74) is 3.11. The van der Waals surface area contributed by atoms with Crippen molar-refractivity contribution in [2.45, 2.75) is 33.6 Å². The number of piperidine rings is 1. The van der Waals surface area contributed by atoms with Gasteiger partial charge in [-0.15, -0.1) is 0 Å². The molecule has 2 aromatic rings. The maximum Gasteiger partial charge on any atom is 0.293 e. The van der Waals surface area contributed by atoms with Crippen molar-refractivity contribution in [1.82, 2.24) is 0 Å². The van der Waals surface area contributed by atoms with Gasteiger partial charge in [-0.05, 0) is 61.9 Å². The highest BCUT2D eigenvalue weighted by molar-refractivity contribution is 6.34. The number of carbonyl (C=O) groups is 1. The van der Waals surface area contributed by atoms with Gasteiger partial charge in [-0.3, -0.25) is 14.9 Å². The highest BCUT2D eigenvalue weighted by Crippen LogP contribution is 2.33. The summed E-state index contributed by atoms with van der Waals surface area (Å²) in [7, 11) is 0. The Hall–Kier alpha value is -2.60. The molecule has 0 unspecified atom stereocenters. The highest BCUT2D eigenvalue weighted by atomic mass is 35.5. The van der Waals surface area contributed by atoms with Gasteiger partial charge in [-0.1, -0.05) is 24.6 Å². The van der Waals surface area contributed by atoms with Gasteiger partial charge < -0.3 is 10.2 Å². The van der Waals surface area contributed by atoms with Crippen LogP contribution in [0, 0.1) is 29.9 Å². The predicted octanol–water partition coefficient (Wildman–Crippen LogP) is 5.35. The lowest BCUT2D eigenvalue weighted by atomic mass is 9.99. The molecule has 2 aromatic carbocycles. The van der Waals surface area contributed by atoms with Crippen molar-refractivity contribution < 1.29 is 9.72 Å². The third-order valence-electron chi connectivity index (χ3n) is 5.10. The third-order valence-corrected chi connectivity index (χ3v) is 5.40. The molecule has 1 fully saturated rings. The van der Waals surface area contributed by atoms with Crippen molar-refractivity contribution in [1.29, 1.82) is 0 Å². The van der Waals surface area contributed by atoms with Crippen LogP contribution in [0.15, 0.2) is 30.3 Å². The highest BCUT2D eigenvalue weighted by Gasteiger charge is 2.25. The number of hydrogen-bond acceptors (Lipinski definition) is 4. The van der Waals surface area contributed by atoms with Gasteiger partial charge in [0, 0.05) is 24.7 Å². The molecule has 3 rings (SSSR count). The zero-order chi connectivity index (χ0) is 20.4. The zero-order valence-corrected chi connectivity index (χ0v) is 17.0. The number of amides is 1. The summed E-state index contributed by atoms with van der Waals surface area (Å²) in [6, 6.07) is 8.35. The molecular formula is C21H24ClN3O3. The molecule has 0 spiro atoms. The summed E-state index contributed by atoms with van der Waals surface area (Å²) in [6.45, 7) is 7.50. The largest absolute Gasteiger partial charge is 0.366 e. The number of nitrogens with one attached hydrogen (secondary N) is 1. The molecule has 7 heteroatoms. The normalized spacial score (nSPS) is 16.7. The number of anilines is 2. The predicted molar refractivity (Wildman–Crippen MR) is 113 cm³/mol. The number of carbonyl (C=O) groups excluding carboxylic acids is 1. The number of nitro groups is 1. The van der Waals surface area contributed by atoms with Crippen LogP contribution in [0.4, 0.5) is 17.1 Å². The van der Waals surface area contributed by atoms with Gasteiger partial charge in [0.1, 0.15) is 5.69 Å². The molecule has 6 nitrogen and oxygen atoms in total. The minimum Gasteiger partial charge on any atom is -0.366 e. The first-order chi connectivity index (χ1) is 13.3. The second-order valence-corrected chi connectivity index (χ2v) is 7.95. The number of halogens is 1. The molecule has 0 aliphatic carbocycles. The number of rotatable bonds is 4. The second kappa shape index (κ2) is 8.19. The Kier molecular flexibility index (Phi) is 5.89. The van der Waals surface area contributed by atoms with Crippen molar-refractivity contribution in [2.24, 2.45) is 5.92 Å². The fourth-order valence-corrected chi connectivity index (χ4v) is 4.11. The fourth-order valence-electron chi connectivity index (χ4n) is 3.75. The van der Waals surface area contributed by atoms with Gasteiger partial charge in [0.05, 0.1) is 15.6 Å². The molecular weight excluding hydrogens is 378 g/mol. The first-order valence-corrected chi connectivity index (χ1v) is 9.75. The van der Waals surface area contributed by atoms with Gasteiger partial charge in [-0.2, -0.15) is 0 Å². The lowest BCUT2D eigenvalue weighted by Crippen LogP contribution is -2.34. The van der Waals surface area contributed by atoms with Crippen LogP contribution in [-0.2, 0) is 0 Å². The Bertz CT molecular complexity index is 906. The van der Waals surface area contributed by atoms with Crippen LogP contribution in [-0.4, -0.2) is 23.9 Å². The second-order valence-electron chi connectivity index (χ2n) is 7.55. The number of benzene rings is 2. The first-order valence-electron chi connectivity index (χ1n) is 9.37. The fraction of sp³-hybridized carbons (Fsp3) is 0.381. The van der Waals surface area contributed by atoms with E-state index in [1.165, 1.54) is 6.07 Å². The Morgan fingerprint density at radius 1 is 1.29 bits per heavy atom. The van der Waals surface area contributed by atoms with E-state index < -0.39 is 10.8 Å². The van der Waals surface area contributed by atoms with Crippen LogP contribution in [0.1, 0.15) is 41.3 Å². The van der Waals surface area contributed by atoms with Crippen LogP contribution in [0.5, 0.6) is 0 Å². The smallest absolute Gasteiger partial charge is 0.293 e. The Balaban J connectivity index is 1.89. The van der Waals surface area contributed by atoms with Crippen LogP contribution in [0.3, 0.4) is 0 Å². The van der Waals surface area contributed by atoms with E-state index in [0.29, 0.717) is 22.3 Å². The maximum absolute atomic E-state index is 12.7. The van der Waals surface area contributed by atoms with E-state index in [1.54, 1.807) is 18.2 Å². The Labute approximate surface area is 169 Å². The molecule has 0 bridgehead atoms. The van der Waals surface area contributed by atoms with Crippen molar-refractivity contribution in [3.05, 3.63) is 62.2 Å². The molecule has 1 atom stereocenters. The molecule has 0 saturated carbocycles. The van der Waals surface area contributed by atoms with Gasteiger partial charge in [-0.25, -0.2) is 0 Å². The van der Waals surface area contributed by atoms with Crippen molar-refractivity contribution in [3.8, 4) is 0 Å². The number of nitrogens with zero attached hydrogens (tertiary/aromatic N) is 2. The van der Waals surface area contributed by atoms with E-state index in [9.17, 15) is 14.9 Å². The van der Waals surface area contributed by atoms with Crippen LogP contribution < -0.4 is 10.2 Å². The molecule has 1 amide bonds. The molecule has 0 aromatic heterocycles. The van der Waals surface area contributed by atoms with E-state index >= 15 is 0 Å². The summed E-state index contributed by atoms with van der Waals surface area (Å²) >= 11 is 6.26. The van der Waals surface area contributed by atoms with Gasteiger partial charge >= 0.3 is 0 Å². The third kappa shape index (κ3) is 4.28. The van der Waals surface area contributed by atoms with E-state index in [1.807, 2.05) is 24.8 Å². The molecule has 148 valence electrons. The van der Waals surface area contributed by atoms with Crippen molar-refractivity contribution in [2.75, 3.05) is 23.3 Å². The SMILES string of the molecule is Cc1cc(C)c(NC(=O)c2ccc(N3CCC[C@@H](C)C3)c([N+](=O)[O-])c2)c(Cl)c1. The van der Waals surface area contributed by atoms with Crippen LogP contribution in [0.25, 0.3) is 0 Å². The number of hydrogen-bond donors (Lipinski definition) is 1. The molecule has 28 heavy (non-hydrogen) atoms. The van der Waals surface area contributed by atoms with Gasteiger partial charge in [0.2, 0.25) is 0 Å². The lowest BCUT2D eigenvalue weighted by Gasteiger charge is -2.32. The Morgan fingerprint density at radius 2 is 2.04 bits per heavy atom. The molecule has 1 N–H and O–H groups in total. The topological polar surface area (TPSA) is 75.5 Å². The number of nitro benzene ring substituents is 1. The van der Waals surface area contributed by atoms with Crippen LogP contribution in [0.2, 0.25) is 5.02 Å². The molecule has 1 aliphatic heterocycles. The standard InChI is InChI=1S/C21H24ClN3O3/c1-13-5-4-8-24(12-13)18-7-6-16(11-19(18)25(27)28)21(26)23-20-15(3)9-14(2)10-17(20)22/h6-7,9-11,13H,4-5,8,12H2,1-3H3,(H,23,26)/t13-/m1/s1.